The van der Waals surface area contributed by atoms with Gasteiger partial charge in [-0.2, -0.15) is 0 Å². The Labute approximate surface area is 101 Å². The van der Waals surface area contributed by atoms with Crippen molar-refractivity contribution >= 4 is 13.3 Å². The van der Waals surface area contributed by atoms with Crippen LogP contribution in [-0.4, -0.2) is 18.2 Å². The standard InChI is InChI=1S/C11H17N2O3P/c1-3-15-17(14,16-4-2)9-10(12)11-7-5-6-8-13-11/h5-9H,3-4,12H2,1-2H3/b10-9-. The molecule has 1 rings (SSSR count). The first-order chi connectivity index (χ1) is 8.11. The third-order valence-electron chi connectivity index (χ3n) is 1.88. The zero-order valence-corrected chi connectivity index (χ0v) is 10.9. The summed E-state index contributed by atoms with van der Waals surface area (Å²) in [6, 6.07) is 5.31. The van der Waals surface area contributed by atoms with E-state index in [1.54, 1.807) is 38.2 Å². The minimum absolute atomic E-state index is 0.288. The Morgan fingerprint density at radius 2 is 2.06 bits per heavy atom. The fraction of sp³-hybridized carbons (Fsp3) is 0.364. The molecule has 5 nitrogen and oxygen atoms in total. The quantitative estimate of drug-likeness (QED) is 0.792. The zero-order chi connectivity index (χ0) is 12.7. The second kappa shape index (κ2) is 6.55. The second-order valence-electron chi connectivity index (χ2n) is 3.17. The normalized spacial score (nSPS) is 12.7. The lowest BCUT2D eigenvalue weighted by Crippen LogP contribution is -2.01. The lowest BCUT2D eigenvalue weighted by molar-refractivity contribution is 0.229. The van der Waals surface area contributed by atoms with Gasteiger partial charge in [0.1, 0.15) is 0 Å². The van der Waals surface area contributed by atoms with E-state index in [4.69, 9.17) is 14.8 Å². The molecule has 0 atom stereocenters. The molecule has 0 aliphatic rings. The third-order valence-corrected chi connectivity index (χ3v) is 3.71. The highest BCUT2D eigenvalue weighted by molar-refractivity contribution is 7.57. The number of rotatable bonds is 6. The van der Waals surface area contributed by atoms with Crippen LogP contribution in [0.25, 0.3) is 5.70 Å². The summed E-state index contributed by atoms with van der Waals surface area (Å²) in [7, 11) is -3.27. The summed E-state index contributed by atoms with van der Waals surface area (Å²) in [6.07, 6.45) is 1.61. The van der Waals surface area contributed by atoms with Crippen LogP contribution in [-0.2, 0) is 13.6 Å². The first-order valence-corrected chi connectivity index (χ1v) is 7.01. The Kier molecular flexibility index (Phi) is 5.35. The molecule has 2 N–H and O–H groups in total. The number of hydrogen-bond donors (Lipinski definition) is 1. The molecule has 0 aromatic carbocycles. The van der Waals surface area contributed by atoms with E-state index in [0.717, 1.165) is 0 Å². The summed E-state index contributed by atoms with van der Waals surface area (Å²) >= 11 is 0. The van der Waals surface area contributed by atoms with Gasteiger partial charge in [-0.05, 0) is 26.0 Å². The van der Waals surface area contributed by atoms with E-state index in [0.29, 0.717) is 18.9 Å². The van der Waals surface area contributed by atoms with Crippen LogP contribution in [0.3, 0.4) is 0 Å². The molecule has 0 aliphatic carbocycles. The van der Waals surface area contributed by atoms with Crippen molar-refractivity contribution in [3.63, 3.8) is 0 Å². The van der Waals surface area contributed by atoms with Crippen molar-refractivity contribution in [3.8, 4) is 0 Å². The predicted molar refractivity (Wildman–Crippen MR) is 67.3 cm³/mol. The molecule has 1 aromatic rings. The number of aromatic nitrogens is 1. The van der Waals surface area contributed by atoms with Gasteiger partial charge in [0.05, 0.1) is 30.4 Å². The van der Waals surface area contributed by atoms with Gasteiger partial charge in [-0.15, -0.1) is 0 Å². The van der Waals surface area contributed by atoms with Crippen molar-refractivity contribution in [2.24, 2.45) is 5.73 Å². The van der Waals surface area contributed by atoms with E-state index in [2.05, 4.69) is 4.98 Å². The molecule has 0 radical (unpaired) electrons. The SMILES string of the molecule is CCOP(=O)(/C=C(\N)c1ccccn1)OCC. The largest absolute Gasteiger partial charge is 0.397 e. The number of pyridine rings is 1. The number of hydrogen-bond acceptors (Lipinski definition) is 5. The number of nitrogens with zero attached hydrogens (tertiary/aromatic N) is 1. The maximum Gasteiger partial charge on any atom is 0.356 e. The van der Waals surface area contributed by atoms with Crippen LogP contribution in [0, 0.1) is 0 Å². The van der Waals surface area contributed by atoms with E-state index in [1.807, 2.05) is 0 Å². The van der Waals surface area contributed by atoms with Crippen molar-refractivity contribution in [3.05, 3.63) is 35.9 Å². The third kappa shape index (κ3) is 4.30. The van der Waals surface area contributed by atoms with Gasteiger partial charge in [0.15, 0.2) is 0 Å². The zero-order valence-electron chi connectivity index (χ0n) is 10.00. The summed E-state index contributed by atoms with van der Waals surface area (Å²) in [6.45, 7) is 4.08. The van der Waals surface area contributed by atoms with Crippen LogP contribution in [0.4, 0.5) is 0 Å². The average molecular weight is 256 g/mol. The monoisotopic (exact) mass is 256 g/mol. The molecule has 1 heterocycles. The molecule has 0 saturated carbocycles. The van der Waals surface area contributed by atoms with Crippen molar-refractivity contribution in [1.82, 2.24) is 4.98 Å². The highest BCUT2D eigenvalue weighted by Crippen LogP contribution is 2.50. The maximum atomic E-state index is 12.2. The van der Waals surface area contributed by atoms with E-state index in [-0.39, 0.29) is 5.70 Å². The molecule has 1 aromatic heterocycles. The first kappa shape index (κ1) is 13.9. The topological polar surface area (TPSA) is 74.4 Å². The molecule has 94 valence electrons. The van der Waals surface area contributed by atoms with Crippen molar-refractivity contribution in [2.45, 2.75) is 13.8 Å². The Morgan fingerprint density at radius 3 is 2.53 bits per heavy atom. The van der Waals surface area contributed by atoms with Crippen LogP contribution < -0.4 is 5.73 Å². The molecule has 0 unspecified atom stereocenters. The number of nitrogens with two attached hydrogens (primary N) is 1. The molecule has 6 heteroatoms. The lowest BCUT2D eigenvalue weighted by atomic mass is 10.3. The summed E-state index contributed by atoms with van der Waals surface area (Å²) < 4.78 is 22.4. The molecule has 0 saturated heterocycles. The Balaban J connectivity index is 2.95. The summed E-state index contributed by atoms with van der Waals surface area (Å²) in [5, 5.41) is 0. The summed E-state index contributed by atoms with van der Waals surface area (Å²) in [5.41, 5.74) is 6.64. The summed E-state index contributed by atoms with van der Waals surface area (Å²) in [4.78, 5) is 4.06. The Hall–Kier alpha value is -1.16. The van der Waals surface area contributed by atoms with Crippen LogP contribution in [0.15, 0.2) is 30.2 Å². The smallest absolute Gasteiger partial charge is 0.356 e. The average Bonchev–Trinajstić information content (AvgIpc) is 2.30. The van der Waals surface area contributed by atoms with Crippen LogP contribution in [0.1, 0.15) is 19.5 Å². The molecular weight excluding hydrogens is 239 g/mol. The highest BCUT2D eigenvalue weighted by Gasteiger charge is 2.21. The van der Waals surface area contributed by atoms with E-state index < -0.39 is 7.60 Å². The van der Waals surface area contributed by atoms with E-state index in [1.165, 1.54) is 5.82 Å². The fourth-order valence-corrected chi connectivity index (χ4v) is 2.66. The minimum atomic E-state index is -3.27. The van der Waals surface area contributed by atoms with Crippen LogP contribution in [0.5, 0.6) is 0 Å². The Bertz CT molecular complexity index is 410. The van der Waals surface area contributed by atoms with Gasteiger partial charge in [0, 0.05) is 6.20 Å². The first-order valence-electron chi connectivity index (χ1n) is 5.40. The highest BCUT2D eigenvalue weighted by atomic mass is 31.2. The van der Waals surface area contributed by atoms with Gasteiger partial charge in [-0.25, -0.2) is 0 Å². The van der Waals surface area contributed by atoms with Crippen LogP contribution >= 0.6 is 7.60 Å². The van der Waals surface area contributed by atoms with E-state index >= 15 is 0 Å². The van der Waals surface area contributed by atoms with Crippen molar-refractivity contribution in [1.29, 1.82) is 0 Å². The molecule has 0 aliphatic heterocycles. The fourth-order valence-electron chi connectivity index (χ4n) is 1.24. The van der Waals surface area contributed by atoms with Crippen molar-refractivity contribution < 1.29 is 13.6 Å². The van der Waals surface area contributed by atoms with Gasteiger partial charge in [0.25, 0.3) is 0 Å². The molecular formula is C11H17N2O3P. The molecule has 0 amide bonds. The van der Waals surface area contributed by atoms with Crippen molar-refractivity contribution in [2.75, 3.05) is 13.2 Å². The molecule has 0 bridgehead atoms. The van der Waals surface area contributed by atoms with Gasteiger partial charge < -0.3 is 14.8 Å². The van der Waals surface area contributed by atoms with Gasteiger partial charge >= 0.3 is 7.60 Å². The molecule has 17 heavy (non-hydrogen) atoms. The minimum Gasteiger partial charge on any atom is -0.397 e. The molecule has 0 spiro atoms. The maximum absolute atomic E-state index is 12.2. The van der Waals surface area contributed by atoms with E-state index in [9.17, 15) is 4.57 Å². The molecule has 0 fully saturated rings. The summed E-state index contributed by atoms with van der Waals surface area (Å²) in [5.74, 6) is 1.31. The van der Waals surface area contributed by atoms with Gasteiger partial charge in [-0.1, -0.05) is 6.07 Å². The Morgan fingerprint density at radius 1 is 1.41 bits per heavy atom. The second-order valence-corrected chi connectivity index (χ2v) is 5.03. The van der Waals surface area contributed by atoms with Gasteiger partial charge in [-0.3, -0.25) is 9.55 Å². The predicted octanol–water partition coefficient (Wildman–Crippen LogP) is 2.60. The van der Waals surface area contributed by atoms with Crippen LogP contribution in [0.2, 0.25) is 0 Å². The van der Waals surface area contributed by atoms with Gasteiger partial charge in [0.2, 0.25) is 0 Å². The lowest BCUT2D eigenvalue weighted by Gasteiger charge is -2.13.